The van der Waals surface area contributed by atoms with E-state index in [1.165, 1.54) is 4.90 Å². The summed E-state index contributed by atoms with van der Waals surface area (Å²) in [5.74, 6) is -0.461. The number of benzene rings is 3. The van der Waals surface area contributed by atoms with Crippen LogP contribution in [0.15, 0.2) is 54.6 Å². The zero-order chi connectivity index (χ0) is 18.3. The second-order valence-electron chi connectivity index (χ2n) is 6.34. The summed E-state index contributed by atoms with van der Waals surface area (Å²) in [6.45, 7) is 2.80. The lowest BCUT2D eigenvalue weighted by Gasteiger charge is -2.26. The third-order valence-electron chi connectivity index (χ3n) is 4.77. The summed E-state index contributed by atoms with van der Waals surface area (Å²) in [5.41, 5.74) is 9.61. The Hall–Kier alpha value is -3.34. The molecule has 4 rings (SSSR count). The molecule has 0 unspecified atom stereocenters. The minimum atomic E-state index is -0.230. The Morgan fingerprint density at radius 1 is 0.923 bits per heavy atom. The Morgan fingerprint density at radius 3 is 2.31 bits per heavy atom. The zero-order valence-electron chi connectivity index (χ0n) is 14.5. The normalized spacial score (nSPS) is 13.3. The van der Waals surface area contributed by atoms with Gasteiger partial charge < -0.3 is 11.1 Å². The first kappa shape index (κ1) is 16.1. The maximum Gasteiger partial charge on any atom is 0.261 e. The van der Waals surface area contributed by atoms with Gasteiger partial charge in [0.05, 0.1) is 0 Å². The van der Waals surface area contributed by atoms with Crippen molar-refractivity contribution < 1.29 is 9.59 Å². The summed E-state index contributed by atoms with van der Waals surface area (Å²) in [6.07, 6.45) is 0. The highest BCUT2D eigenvalue weighted by atomic mass is 16.2. The molecule has 0 aliphatic carbocycles. The third-order valence-corrected chi connectivity index (χ3v) is 4.77. The Bertz CT molecular complexity index is 1000. The van der Waals surface area contributed by atoms with Crippen molar-refractivity contribution in [1.82, 2.24) is 4.90 Å². The van der Waals surface area contributed by atoms with Gasteiger partial charge in [0.15, 0.2) is 0 Å². The molecule has 2 amide bonds. The van der Waals surface area contributed by atoms with E-state index in [4.69, 9.17) is 5.73 Å². The minimum Gasteiger partial charge on any atom is -0.399 e. The number of rotatable bonds is 4. The highest BCUT2D eigenvalue weighted by molar-refractivity contribution is 6.26. The molecule has 5 heteroatoms. The lowest BCUT2D eigenvalue weighted by atomic mass is 9.93. The molecule has 1 heterocycles. The van der Waals surface area contributed by atoms with Crippen molar-refractivity contribution in [3.05, 3.63) is 71.3 Å². The molecule has 1 aliphatic rings. The van der Waals surface area contributed by atoms with Crippen LogP contribution in [0.1, 0.15) is 33.2 Å². The maximum absolute atomic E-state index is 12.6. The molecule has 0 radical (unpaired) electrons. The van der Waals surface area contributed by atoms with Gasteiger partial charge in [0.1, 0.15) is 0 Å². The largest absolute Gasteiger partial charge is 0.399 e. The van der Waals surface area contributed by atoms with Gasteiger partial charge in [0.25, 0.3) is 11.8 Å². The van der Waals surface area contributed by atoms with Crippen LogP contribution in [0.25, 0.3) is 10.8 Å². The van der Waals surface area contributed by atoms with Gasteiger partial charge in [-0.15, -0.1) is 0 Å². The highest BCUT2D eigenvalue weighted by Crippen LogP contribution is 2.34. The SMILES string of the molecule is CCN1C(=O)c2cccc3c(NCc4ccc(N)cc4)ccc(c23)C1=O. The highest BCUT2D eigenvalue weighted by Gasteiger charge is 2.32. The van der Waals surface area contributed by atoms with Crippen LogP contribution in [0, 0.1) is 0 Å². The van der Waals surface area contributed by atoms with Crippen LogP contribution in [0.5, 0.6) is 0 Å². The van der Waals surface area contributed by atoms with Crippen LogP contribution in [-0.2, 0) is 6.54 Å². The monoisotopic (exact) mass is 345 g/mol. The Morgan fingerprint density at radius 2 is 1.62 bits per heavy atom. The lowest BCUT2D eigenvalue weighted by molar-refractivity contribution is 0.0619. The van der Waals surface area contributed by atoms with Crippen LogP contribution < -0.4 is 11.1 Å². The number of nitrogens with one attached hydrogen (secondary N) is 1. The quantitative estimate of drug-likeness (QED) is 0.559. The van der Waals surface area contributed by atoms with E-state index in [9.17, 15) is 9.59 Å². The summed E-state index contributed by atoms with van der Waals surface area (Å²) in [5, 5.41) is 5.02. The summed E-state index contributed by atoms with van der Waals surface area (Å²) in [7, 11) is 0. The number of anilines is 2. The van der Waals surface area contributed by atoms with Crippen molar-refractivity contribution >= 4 is 34.0 Å². The molecular formula is C21H19N3O2. The van der Waals surface area contributed by atoms with Gasteiger partial charge in [-0.1, -0.05) is 24.3 Å². The number of hydrogen-bond acceptors (Lipinski definition) is 4. The molecule has 3 aromatic rings. The molecule has 0 bridgehead atoms. The van der Waals surface area contributed by atoms with Crippen molar-refractivity contribution in [3.63, 3.8) is 0 Å². The Balaban J connectivity index is 1.76. The van der Waals surface area contributed by atoms with E-state index < -0.39 is 0 Å². The van der Waals surface area contributed by atoms with Gasteiger partial charge in [0, 0.05) is 46.4 Å². The van der Waals surface area contributed by atoms with Gasteiger partial charge in [-0.25, -0.2) is 0 Å². The van der Waals surface area contributed by atoms with Crippen LogP contribution in [0.2, 0.25) is 0 Å². The summed E-state index contributed by atoms with van der Waals surface area (Å²) in [4.78, 5) is 26.6. The fourth-order valence-corrected chi connectivity index (χ4v) is 3.42. The van der Waals surface area contributed by atoms with Crippen molar-refractivity contribution in [2.24, 2.45) is 0 Å². The lowest BCUT2D eigenvalue weighted by Crippen LogP contribution is -2.40. The number of amides is 2. The summed E-state index contributed by atoms with van der Waals surface area (Å²) < 4.78 is 0. The van der Waals surface area contributed by atoms with Crippen LogP contribution in [0.3, 0.4) is 0 Å². The number of imide groups is 1. The molecule has 5 nitrogen and oxygen atoms in total. The summed E-state index contributed by atoms with van der Waals surface area (Å²) >= 11 is 0. The van der Waals surface area contributed by atoms with E-state index in [0.717, 1.165) is 27.7 Å². The van der Waals surface area contributed by atoms with Crippen LogP contribution >= 0.6 is 0 Å². The van der Waals surface area contributed by atoms with E-state index in [2.05, 4.69) is 5.32 Å². The first-order chi connectivity index (χ1) is 12.6. The van der Waals surface area contributed by atoms with Crippen molar-refractivity contribution in [3.8, 4) is 0 Å². The predicted octanol–water partition coefficient (Wildman–Crippen LogP) is 3.65. The number of hydrogen-bond donors (Lipinski definition) is 2. The molecule has 3 aromatic carbocycles. The molecule has 1 aliphatic heterocycles. The molecule has 0 atom stereocenters. The van der Waals surface area contributed by atoms with Crippen molar-refractivity contribution in [2.75, 3.05) is 17.6 Å². The molecule has 0 saturated carbocycles. The second kappa shape index (κ2) is 6.19. The standard InChI is InChI=1S/C21H19N3O2/c1-2-24-20(25)16-5-3-4-15-18(11-10-17(19(15)16)21(24)26)23-12-13-6-8-14(22)9-7-13/h3-11,23H,2,12,22H2,1H3. The van der Waals surface area contributed by atoms with Gasteiger partial charge in [0.2, 0.25) is 0 Å². The van der Waals surface area contributed by atoms with Crippen molar-refractivity contribution in [1.29, 1.82) is 0 Å². The van der Waals surface area contributed by atoms with E-state index in [1.54, 1.807) is 12.1 Å². The molecular weight excluding hydrogens is 326 g/mol. The molecule has 0 aromatic heterocycles. The molecule has 0 saturated heterocycles. The minimum absolute atomic E-state index is 0.230. The number of nitrogen functional groups attached to an aromatic ring is 1. The number of carbonyl (C=O) groups is 2. The van der Waals surface area contributed by atoms with Gasteiger partial charge in [-0.3, -0.25) is 14.5 Å². The van der Waals surface area contributed by atoms with Gasteiger partial charge >= 0.3 is 0 Å². The van der Waals surface area contributed by atoms with E-state index in [1.807, 2.05) is 49.4 Å². The van der Waals surface area contributed by atoms with E-state index in [-0.39, 0.29) is 11.8 Å². The fourth-order valence-electron chi connectivity index (χ4n) is 3.42. The van der Waals surface area contributed by atoms with Crippen molar-refractivity contribution in [2.45, 2.75) is 13.5 Å². The number of nitrogens with zero attached hydrogens (tertiary/aromatic N) is 1. The topological polar surface area (TPSA) is 75.4 Å². The Kier molecular flexibility index (Phi) is 3.84. The molecule has 0 spiro atoms. The third kappa shape index (κ3) is 2.49. The van der Waals surface area contributed by atoms with Crippen LogP contribution in [0.4, 0.5) is 11.4 Å². The number of carbonyl (C=O) groups excluding carboxylic acids is 2. The Labute approximate surface area is 151 Å². The average molecular weight is 345 g/mol. The molecule has 3 N–H and O–H groups in total. The molecule has 130 valence electrons. The first-order valence-electron chi connectivity index (χ1n) is 8.60. The van der Waals surface area contributed by atoms with E-state index in [0.29, 0.717) is 24.2 Å². The first-order valence-corrected chi connectivity index (χ1v) is 8.60. The summed E-state index contributed by atoms with van der Waals surface area (Å²) in [6, 6.07) is 17.0. The molecule has 26 heavy (non-hydrogen) atoms. The molecule has 0 fully saturated rings. The van der Waals surface area contributed by atoms with Crippen LogP contribution in [-0.4, -0.2) is 23.3 Å². The van der Waals surface area contributed by atoms with E-state index >= 15 is 0 Å². The predicted molar refractivity (Wildman–Crippen MR) is 103 cm³/mol. The average Bonchev–Trinajstić information content (AvgIpc) is 2.66. The van der Waals surface area contributed by atoms with Gasteiger partial charge in [-0.05, 0) is 42.8 Å². The maximum atomic E-state index is 12.6. The zero-order valence-corrected chi connectivity index (χ0v) is 14.5. The van der Waals surface area contributed by atoms with Gasteiger partial charge in [-0.2, -0.15) is 0 Å². The second-order valence-corrected chi connectivity index (χ2v) is 6.34. The fraction of sp³-hybridized carbons (Fsp3) is 0.143. The number of nitrogens with two attached hydrogens (primary N) is 1. The smallest absolute Gasteiger partial charge is 0.261 e.